The van der Waals surface area contributed by atoms with E-state index in [1.165, 1.54) is 44.2 Å². The molecule has 75 heavy (non-hydrogen) atoms. The first kappa shape index (κ1) is 61.5. The van der Waals surface area contributed by atoms with Gasteiger partial charge in [0.1, 0.15) is 33.9 Å². The molecule has 3 aliphatic rings. The summed E-state index contributed by atoms with van der Waals surface area (Å²) >= 11 is 0. The molecule has 0 aromatic heterocycles. The number of hydrogen-bond acceptors (Lipinski definition) is 14. The van der Waals surface area contributed by atoms with Gasteiger partial charge in [-0.05, 0) is 137 Å². The number of likely N-dealkylation sites (tertiary alicyclic amines) is 1. The average Bonchev–Trinajstić information content (AvgIpc) is 3.58. The van der Waals surface area contributed by atoms with E-state index in [0.29, 0.717) is 58.3 Å². The maximum absolute atomic E-state index is 14.3. The van der Waals surface area contributed by atoms with E-state index in [0.717, 1.165) is 96.4 Å². The maximum atomic E-state index is 14.3. The molecule has 1 spiro atoms. The van der Waals surface area contributed by atoms with Crippen LogP contribution in [0.5, 0.6) is 5.75 Å². The van der Waals surface area contributed by atoms with Crippen LogP contribution in [0.15, 0.2) is 54.6 Å². The Bertz CT molecular complexity index is 1970. The second kappa shape index (κ2) is 30.0. The van der Waals surface area contributed by atoms with Gasteiger partial charge >= 0.3 is 17.9 Å². The molecule has 0 saturated carbocycles. The molecule has 0 radical (unpaired) electrons. The molecule has 0 aliphatic carbocycles. The standard InChI is InChI=1S/C59H96FN7O8/c1-56(2,3)73-52(68)45-63-38-36-62(37-39-64(46-53(69)74-57(4,5)6)41-43-65(42-40-63)47-54(70)75-58(7,8)9)31-20-15-13-11-10-12-14-16-21-33-66-48-67(50-23-18-17-19-24-50)59(55(66)71)29-34-61(35-30-59)32-22-44-72-51-27-25-49(60)26-28-51/h17-19,23-28H,10-16,20-22,29-48H2,1-9H3. The third-order valence-electron chi connectivity index (χ3n) is 14.1. The summed E-state index contributed by atoms with van der Waals surface area (Å²) in [4.78, 5) is 69.3. The Kier molecular flexibility index (Phi) is 24.6. The summed E-state index contributed by atoms with van der Waals surface area (Å²) in [6, 6.07) is 16.6. The quantitative estimate of drug-likeness (QED) is 0.0567. The molecule has 2 aromatic carbocycles. The van der Waals surface area contributed by atoms with Crippen LogP contribution in [0.2, 0.25) is 0 Å². The third kappa shape index (κ3) is 23.0. The van der Waals surface area contributed by atoms with E-state index >= 15 is 0 Å². The number of benzene rings is 2. The Morgan fingerprint density at radius 3 is 1.32 bits per heavy atom. The van der Waals surface area contributed by atoms with Crippen LogP contribution in [0, 0.1) is 5.82 Å². The van der Waals surface area contributed by atoms with Crippen LogP contribution in [-0.2, 0) is 33.4 Å². The Hall–Kier alpha value is -4.35. The summed E-state index contributed by atoms with van der Waals surface area (Å²) in [7, 11) is 0. The highest BCUT2D eigenvalue weighted by atomic mass is 19.1. The topological polar surface area (TPSA) is 128 Å². The minimum absolute atomic E-state index is 0.114. The zero-order valence-electron chi connectivity index (χ0n) is 47.7. The van der Waals surface area contributed by atoms with Crippen LogP contribution in [0.3, 0.4) is 0 Å². The van der Waals surface area contributed by atoms with Crippen LogP contribution in [0.4, 0.5) is 10.1 Å². The summed E-state index contributed by atoms with van der Waals surface area (Å²) in [6.07, 6.45) is 12.7. The van der Waals surface area contributed by atoms with E-state index in [-0.39, 0.29) is 49.3 Å². The number of piperidine rings is 1. The summed E-state index contributed by atoms with van der Waals surface area (Å²) in [5.74, 6) is -0.138. The number of esters is 3. The highest BCUT2D eigenvalue weighted by Gasteiger charge is 2.53. The lowest BCUT2D eigenvalue weighted by Crippen LogP contribution is -2.56. The van der Waals surface area contributed by atoms with Crippen LogP contribution < -0.4 is 9.64 Å². The van der Waals surface area contributed by atoms with Gasteiger partial charge in [-0.15, -0.1) is 0 Å². The number of hydrogen-bond donors (Lipinski definition) is 0. The number of rotatable bonds is 24. The predicted molar refractivity (Wildman–Crippen MR) is 295 cm³/mol. The number of unbranched alkanes of at least 4 members (excludes halogenated alkanes) is 8. The Morgan fingerprint density at radius 2 is 0.880 bits per heavy atom. The molecule has 0 N–H and O–H groups in total. The highest BCUT2D eigenvalue weighted by molar-refractivity contribution is 5.93. The fourth-order valence-corrected chi connectivity index (χ4v) is 10.3. The summed E-state index contributed by atoms with van der Waals surface area (Å²) < 4.78 is 36.3. The normalized spacial score (nSPS) is 18.5. The Morgan fingerprint density at radius 1 is 0.493 bits per heavy atom. The maximum Gasteiger partial charge on any atom is 0.320 e. The first-order valence-corrected chi connectivity index (χ1v) is 28.3. The van der Waals surface area contributed by atoms with Crippen molar-refractivity contribution in [1.29, 1.82) is 0 Å². The number of carbonyl (C=O) groups excluding carboxylic acids is 4. The number of para-hydroxylation sites is 1. The van der Waals surface area contributed by atoms with Crippen molar-refractivity contribution in [2.45, 2.75) is 162 Å². The van der Waals surface area contributed by atoms with E-state index in [1.807, 2.05) is 68.4 Å². The highest BCUT2D eigenvalue weighted by Crippen LogP contribution is 2.39. The molecule has 15 nitrogen and oxygen atoms in total. The van der Waals surface area contributed by atoms with Crippen molar-refractivity contribution in [1.82, 2.24) is 29.4 Å². The van der Waals surface area contributed by atoms with Gasteiger partial charge in [-0.25, -0.2) is 4.39 Å². The van der Waals surface area contributed by atoms with Crippen LogP contribution in [0.25, 0.3) is 0 Å². The van der Waals surface area contributed by atoms with Gasteiger partial charge in [0.05, 0.1) is 32.9 Å². The lowest BCUT2D eigenvalue weighted by Gasteiger charge is -2.43. The molecule has 1 amide bonds. The molecule has 2 aromatic rings. The summed E-state index contributed by atoms with van der Waals surface area (Å²) in [5, 5.41) is 0. The van der Waals surface area contributed by atoms with Crippen LogP contribution in [-0.4, -0.2) is 194 Å². The first-order valence-electron chi connectivity index (χ1n) is 28.3. The predicted octanol–water partition coefficient (Wildman–Crippen LogP) is 8.49. The first-order chi connectivity index (χ1) is 35.6. The van der Waals surface area contributed by atoms with E-state index in [2.05, 4.69) is 58.6 Å². The number of amides is 1. The molecule has 3 fully saturated rings. The third-order valence-corrected chi connectivity index (χ3v) is 14.1. The van der Waals surface area contributed by atoms with Crippen LogP contribution >= 0.6 is 0 Å². The molecule has 0 bridgehead atoms. The molecule has 422 valence electrons. The lowest BCUT2D eigenvalue weighted by molar-refractivity contribution is -0.158. The monoisotopic (exact) mass is 1050 g/mol. The van der Waals surface area contributed by atoms with Crippen molar-refractivity contribution >= 4 is 29.5 Å². The minimum atomic E-state index is -0.607. The smallest absolute Gasteiger partial charge is 0.320 e. The number of nitrogens with zero attached hydrogens (tertiary/aromatic N) is 7. The molecule has 16 heteroatoms. The van der Waals surface area contributed by atoms with Gasteiger partial charge in [0.25, 0.3) is 0 Å². The number of ether oxygens (including phenoxy) is 4. The molecule has 0 unspecified atom stereocenters. The van der Waals surface area contributed by atoms with Gasteiger partial charge in [0, 0.05) is 84.2 Å². The van der Waals surface area contributed by atoms with Crippen molar-refractivity contribution in [3.8, 4) is 5.75 Å². The van der Waals surface area contributed by atoms with Gasteiger partial charge < -0.3 is 38.5 Å². The lowest BCUT2D eigenvalue weighted by atomic mass is 9.85. The number of anilines is 1. The van der Waals surface area contributed by atoms with Gasteiger partial charge in [-0.1, -0.05) is 63.1 Å². The molecule has 3 saturated heterocycles. The molecule has 5 rings (SSSR count). The largest absolute Gasteiger partial charge is 0.494 e. The van der Waals surface area contributed by atoms with Crippen molar-refractivity contribution in [2.24, 2.45) is 0 Å². The van der Waals surface area contributed by atoms with Gasteiger partial charge in [-0.2, -0.15) is 0 Å². The fourth-order valence-electron chi connectivity index (χ4n) is 10.3. The number of halogens is 1. The van der Waals surface area contributed by atoms with Gasteiger partial charge in [0.2, 0.25) is 5.91 Å². The van der Waals surface area contributed by atoms with Gasteiger partial charge in [-0.3, -0.25) is 33.9 Å². The molecule has 0 atom stereocenters. The molecule has 3 heterocycles. The average molecular weight is 1050 g/mol. The number of carbonyl (C=O) groups is 4. The van der Waals surface area contributed by atoms with Crippen molar-refractivity contribution in [3.63, 3.8) is 0 Å². The summed E-state index contributed by atoms with van der Waals surface area (Å²) in [5.41, 5.74) is -1.18. The van der Waals surface area contributed by atoms with Crippen LogP contribution in [0.1, 0.15) is 139 Å². The van der Waals surface area contributed by atoms with E-state index < -0.39 is 22.3 Å². The van der Waals surface area contributed by atoms with Crippen molar-refractivity contribution < 1.29 is 42.5 Å². The van der Waals surface area contributed by atoms with Crippen molar-refractivity contribution in [2.75, 3.05) is 123 Å². The van der Waals surface area contributed by atoms with E-state index in [1.54, 1.807) is 12.1 Å². The van der Waals surface area contributed by atoms with E-state index in [4.69, 9.17) is 18.9 Å². The Balaban J connectivity index is 1.05. The fraction of sp³-hybridized carbons (Fsp3) is 0.729. The second-order valence-electron chi connectivity index (χ2n) is 24.1. The molecular formula is C59H96FN7O8. The second-order valence-corrected chi connectivity index (χ2v) is 24.1. The van der Waals surface area contributed by atoms with Crippen molar-refractivity contribution in [3.05, 3.63) is 60.4 Å². The summed E-state index contributed by atoms with van der Waals surface area (Å²) in [6.45, 7) is 28.0. The SMILES string of the molecule is CC(C)(C)OC(=O)CN1CCN(CCCCCCCCCCCN2CN(c3ccccc3)C3(CCN(CCCOc4ccc(F)cc4)CC3)C2=O)CCN(CC(=O)OC(C)(C)C)CCN(CC(=O)OC(C)(C)C)CC1. The molecule has 3 aliphatic heterocycles. The zero-order chi connectivity index (χ0) is 54.5. The van der Waals surface area contributed by atoms with E-state index in [9.17, 15) is 23.6 Å². The zero-order valence-corrected chi connectivity index (χ0v) is 47.7. The van der Waals surface area contributed by atoms with Gasteiger partial charge in [0.15, 0.2) is 0 Å². The Labute approximate surface area is 450 Å². The minimum Gasteiger partial charge on any atom is -0.494 e. The molecular weight excluding hydrogens is 954 g/mol.